The molecule has 1 unspecified atom stereocenters. The van der Waals surface area contributed by atoms with Crippen LogP contribution in [0, 0.1) is 0 Å². The SMILES string of the molecule is CCC(C)N(C)c1ccc(C(F)(F)F)c(C(=O)O)c1. The van der Waals surface area contributed by atoms with Gasteiger partial charge in [0.25, 0.3) is 0 Å². The summed E-state index contributed by atoms with van der Waals surface area (Å²) in [6.07, 6.45) is -3.86. The van der Waals surface area contributed by atoms with Gasteiger partial charge >= 0.3 is 12.1 Å². The number of benzene rings is 1. The molecule has 0 heterocycles. The van der Waals surface area contributed by atoms with Gasteiger partial charge in [0, 0.05) is 18.8 Å². The number of rotatable bonds is 4. The van der Waals surface area contributed by atoms with Crippen LogP contribution >= 0.6 is 0 Å². The van der Waals surface area contributed by atoms with Gasteiger partial charge in [-0.1, -0.05) is 6.92 Å². The standard InChI is InChI=1S/C13H16F3NO2/c1-4-8(2)17(3)9-5-6-11(13(14,15)16)10(7-9)12(18)19/h5-8H,4H2,1-3H3,(H,18,19). The average molecular weight is 275 g/mol. The van der Waals surface area contributed by atoms with Gasteiger partial charge in [-0.3, -0.25) is 0 Å². The van der Waals surface area contributed by atoms with Crippen molar-refractivity contribution in [3.8, 4) is 0 Å². The molecule has 0 aromatic heterocycles. The molecule has 1 atom stereocenters. The molecule has 0 aliphatic heterocycles. The zero-order valence-electron chi connectivity index (χ0n) is 11.0. The zero-order valence-corrected chi connectivity index (χ0v) is 11.0. The van der Waals surface area contributed by atoms with Crippen LogP contribution in [0.2, 0.25) is 0 Å². The molecule has 0 amide bonds. The van der Waals surface area contributed by atoms with E-state index in [0.29, 0.717) is 5.69 Å². The molecule has 0 fully saturated rings. The fourth-order valence-electron chi connectivity index (χ4n) is 1.70. The maximum Gasteiger partial charge on any atom is 0.417 e. The van der Waals surface area contributed by atoms with E-state index < -0.39 is 23.3 Å². The van der Waals surface area contributed by atoms with E-state index in [2.05, 4.69) is 0 Å². The molecule has 0 radical (unpaired) electrons. The van der Waals surface area contributed by atoms with Gasteiger partial charge in [-0.15, -0.1) is 0 Å². The first kappa shape index (κ1) is 15.3. The van der Waals surface area contributed by atoms with Crippen molar-refractivity contribution in [2.75, 3.05) is 11.9 Å². The van der Waals surface area contributed by atoms with E-state index in [0.717, 1.165) is 18.6 Å². The lowest BCUT2D eigenvalue weighted by Gasteiger charge is -2.26. The van der Waals surface area contributed by atoms with E-state index in [1.807, 2.05) is 13.8 Å². The first-order chi connectivity index (χ1) is 8.68. The summed E-state index contributed by atoms with van der Waals surface area (Å²) in [6.45, 7) is 3.86. The molecule has 0 saturated heterocycles. The van der Waals surface area contributed by atoms with E-state index in [-0.39, 0.29) is 6.04 Å². The molecule has 1 N–H and O–H groups in total. The molecule has 3 nitrogen and oxygen atoms in total. The highest BCUT2D eigenvalue weighted by Gasteiger charge is 2.35. The highest BCUT2D eigenvalue weighted by molar-refractivity contribution is 5.91. The highest BCUT2D eigenvalue weighted by Crippen LogP contribution is 2.34. The third-order valence-electron chi connectivity index (χ3n) is 3.20. The van der Waals surface area contributed by atoms with Gasteiger partial charge in [-0.25, -0.2) is 4.79 Å². The van der Waals surface area contributed by atoms with Crippen LogP contribution in [0.3, 0.4) is 0 Å². The molecule has 106 valence electrons. The lowest BCUT2D eigenvalue weighted by molar-refractivity contribution is -0.138. The lowest BCUT2D eigenvalue weighted by Crippen LogP contribution is -2.28. The van der Waals surface area contributed by atoms with Gasteiger partial charge in [0.15, 0.2) is 0 Å². The molecule has 0 aliphatic carbocycles. The minimum Gasteiger partial charge on any atom is -0.478 e. The normalized spacial score (nSPS) is 13.2. The Morgan fingerprint density at radius 3 is 2.42 bits per heavy atom. The molecule has 0 aliphatic rings. The van der Waals surface area contributed by atoms with Crippen LogP contribution in [-0.2, 0) is 6.18 Å². The molecule has 1 rings (SSSR count). The van der Waals surface area contributed by atoms with Crippen LogP contribution in [0.25, 0.3) is 0 Å². The van der Waals surface area contributed by atoms with Crippen molar-refractivity contribution in [3.63, 3.8) is 0 Å². The lowest BCUT2D eigenvalue weighted by atomic mass is 10.0. The second-order valence-corrected chi connectivity index (χ2v) is 4.40. The third-order valence-corrected chi connectivity index (χ3v) is 3.20. The predicted molar refractivity (Wildman–Crippen MR) is 66.6 cm³/mol. The molecule has 1 aromatic carbocycles. The first-order valence-electron chi connectivity index (χ1n) is 5.85. The van der Waals surface area contributed by atoms with Gasteiger partial charge in [0.05, 0.1) is 11.1 Å². The third kappa shape index (κ3) is 3.39. The second kappa shape index (κ2) is 5.50. The van der Waals surface area contributed by atoms with Crippen LogP contribution < -0.4 is 4.90 Å². The van der Waals surface area contributed by atoms with E-state index in [1.165, 1.54) is 6.07 Å². The Balaban J connectivity index is 3.28. The zero-order chi connectivity index (χ0) is 14.8. The van der Waals surface area contributed by atoms with Crippen LogP contribution in [0.15, 0.2) is 18.2 Å². The Labute approximate surface area is 109 Å². The number of anilines is 1. The topological polar surface area (TPSA) is 40.5 Å². The summed E-state index contributed by atoms with van der Waals surface area (Å²) >= 11 is 0. The van der Waals surface area contributed by atoms with E-state index in [1.54, 1.807) is 11.9 Å². The van der Waals surface area contributed by atoms with Crippen LogP contribution in [-0.4, -0.2) is 24.2 Å². The molecule has 6 heteroatoms. The number of carboxylic acid groups (broad SMARTS) is 1. The quantitative estimate of drug-likeness (QED) is 0.912. The van der Waals surface area contributed by atoms with E-state index in [9.17, 15) is 18.0 Å². The summed E-state index contributed by atoms with van der Waals surface area (Å²) in [5.41, 5.74) is -1.39. The Kier molecular flexibility index (Phi) is 4.44. The maximum atomic E-state index is 12.7. The van der Waals surface area contributed by atoms with Crippen molar-refractivity contribution in [1.82, 2.24) is 0 Å². The Morgan fingerprint density at radius 2 is 2.00 bits per heavy atom. The summed E-state index contributed by atoms with van der Waals surface area (Å²) in [4.78, 5) is 12.7. The number of hydrogen-bond donors (Lipinski definition) is 1. The number of carboxylic acids is 1. The van der Waals surface area contributed by atoms with Gasteiger partial charge in [-0.2, -0.15) is 13.2 Å². The number of halogens is 3. The monoisotopic (exact) mass is 275 g/mol. The van der Waals surface area contributed by atoms with Crippen molar-refractivity contribution in [3.05, 3.63) is 29.3 Å². The van der Waals surface area contributed by atoms with Gasteiger partial charge in [-0.05, 0) is 31.5 Å². The fraction of sp³-hybridized carbons (Fsp3) is 0.462. The molecule has 0 spiro atoms. The summed E-state index contributed by atoms with van der Waals surface area (Å²) in [6, 6.07) is 3.29. The van der Waals surface area contributed by atoms with Gasteiger partial charge < -0.3 is 10.0 Å². The van der Waals surface area contributed by atoms with E-state index >= 15 is 0 Å². The maximum absolute atomic E-state index is 12.7. The smallest absolute Gasteiger partial charge is 0.417 e. The van der Waals surface area contributed by atoms with Crippen molar-refractivity contribution in [2.24, 2.45) is 0 Å². The number of nitrogens with zero attached hydrogens (tertiary/aromatic N) is 1. The Hall–Kier alpha value is -1.72. The Bertz CT molecular complexity index is 471. The number of alkyl halides is 3. The Morgan fingerprint density at radius 1 is 1.42 bits per heavy atom. The minimum absolute atomic E-state index is 0.110. The van der Waals surface area contributed by atoms with Gasteiger partial charge in [0.1, 0.15) is 0 Å². The average Bonchev–Trinajstić information content (AvgIpc) is 2.35. The molecule has 0 saturated carbocycles. The van der Waals surface area contributed by atoms with Crippen LogP contribution in [0.1, 0.15) is 36.2 Å². The van der Waals surface area contributed by atoms with Crippen molar-refractivity contribution in [2.45, 2.75) is 32.5 Å². The first-order valence-corrected chi connectivity index (χ1v) is 5.85. The molecule has 19 heavy (non-hydrogen) atoms. The molecular formula is C13H16F3NO2. The fourth-order valence-corrected chi connectivity index (χ4v) is 1.70. The minimum atomic E-state index is -4.67. The summed E-state index contributed by atoms with van der Waals surface area (Å²) in [7, 11) is 1.72. The molecule has 0 bridgehead atoms. The number of hydrogen-bond acceptors (Lipinski definition) is 2. The molecular weight excluding hydrogens is 259 g/mol. The van der Waals surface area contributed by atoms with E-state index in [4.69, 9.17) is 5.11 Å². The predicted octanol–water partition coefficient (Wildman–Crippen LogP) is 3.64. The number of aromatic carboxylic acids is 1. The highest BCUT2D eigenvalue weighted by atomic mass is 19.4. The van der Waals surface area contributed by atoms with Crippen molar-refractivity contribution < 1.29 is 23.1 Å². The van der Waals surface area contributed by atoms with Crippen LogP contribution in [0.5, 0.6) is 0 Å². The number of carbonyl (C=O) groups is 1. The van der Waals surface area contributed by atoms with Crippen LogP contribution in [0.4, 0.5) is 18.9 Å². The summed E-state index contributed by atoms with van der Waals surface area (Å²) < 4.78 is 38.1. The van der Waals surface area contributed by atoms with Crippen molar-refractivity contribution >= 4 is 11.7 Å². The molecule has 1 aromatic rings. The largest absolute Gasteiger partial charge is 0.478 e. The summed E-state index contributed by atoms with van der Waals surface area (Å²) in [5, 5.41) is 8.91. The summed E-state index contributed by atoms with van der Waals surface area (Å²) in [5.74, 6) is -1.58. The second-order valence-electron chi connectivity index (χ2n) is 4.40. The van der Waals surface area contributed by atoms with Gasteiger partial charge in [0.2, 0.25) is 0 Å². The van der Waals surface area contributed by atoms with Crippen molar-refractivity contribution in [1.29, 1.82) is 0 Å².